The molecule has 138 valence electrons. The van der Waals surface area contributed by atoms with Crippen molar-refractivity contribution >= 4 is 33.2 Å². The predicted molar refractivity (Wildman–Crippen MR) is 97.0 cm³/mol. The van der Waals surface area contributed by atoms with E-state index in [-0.39, 0.29) is 28.7 Å². The summed E-state index contributed by atoms with van der Waals surface area (Å²) in [5.41, 5.74) is 0.252. The molecule has 1 fully saturated rings. The maximum Gasteiger partial charge on any atom is 0.243 e. The lowest BCUT2D eigenvalue weighted by Crippen LogP contribution is -2.56. The summed E-state index contributed by atoms with van der Waals surface area (Å²) in [7, 11) is -3.68. The average molecular weight is 398 g/mol. The summed E-state index contributed by atoms with van der Waals surface area (Å²) in [6.07, 6.45) is 0. The van der Waals surface area contributed by atoms with Crippen LogP contribution in [0, 0.1) is 5.82 Å². The maximum absolute atomic E-state index is 13.5. The van der Waals surface area contributed by atoms with Gasteiger partial charge in [-0.3, -0.25) is 4.79 Å². The number of hydrogen-bond acceptors (Lipinski definition) is 4. The van der Waals surface area contributed by atoms with E-state index >= 15 is 0 Å². The van der Waals surface area contributed by atoms with Crippen molar-refractivity contribution < 1.29 is 17.6 Å². The Bertz CT molecular complexity index is 909. The number of sulfonamides is 1. The lowest BCUT2D eigenvalue weighted by Gasteiger charge is -2.32. The van der Waals surface area contributed by atoms with Gasteiger partial charge in [-0.25, -0.2) is 12.8 Å². The van der Waals surface area contributed by atoms with Crippen LogP contribution in [0.4, 0.5) is 10.1 Å². The molecule has 9 heteroatoms. The summed E-state index contributed by atoms with van der Waals surface area (Å²) in [6.45, 7) is 0.578. The summed E-state index contributed by atoms with van der Waals surface area (Å²) in [4.78, 5) is 12.6. The minimum absolute atomic E-state index is 0.0147. The van der Waals surface area contributed by atoms with Crippen LogP contribution in [0.15, 0.2) is 53.4 Å². The number of halogens is 2. The fraction of sp³-hybridized carbons (Fsp3) is 0.235. The zero-order valence-electron chi connectivity index (χ0n) is 13.7. The molecule has 0 bridgehead atoms. The van der Waals surface area contributed by atoms with Crippen LogP contribution in [0.1, 0.15) is 0 Å². The molecular formula is C17H17ClFN3O3S. The molecule has 2 N–H and O–H groups in total. The first-order valence-electron chi connectivity index (χ1n) is 7.92. The van der Waals surface area contributed by atoms with Crippen LogP contribution in [0.5, 0.6) is 0 Å². The number of anilines is 1. The highest BCUT2D eigenvalue weighted by Gasteiger charge is 2.33. The SMILES string of the molecule is O=C(Nc1ccc(Cl)c(F)c1)C1CN(S(=O)(=O)c2ccccc2)CCN1. The molecule has 0 saturated carbocycles. The summed E-state index contributed by atoms with van der Waals surface area (Å²) >= 11 is 5.62. The van der Waals surface area contributed by atoms with Gasteiger partial charge in [0, 0.05) is 25.3 Å². The van der Waals surface area contributed by atoms with E-state index in [1.165, 1.54) is 28.6 Å². The second-order valence-corrected chi connectivity index (χ2v) is 8.15. The van der Waals surface area contributed by atoms with Crippen molar-refractivity contribution in [3.8, 4) is 0 Å². The van der Waals surface area contributed by atoms with E-state index < -0.39 is 27.8 Å². The lowest BCUT2D eigenvalue weighted by molar-refractivity contribution is -0.118. The molecule has 1 atom stereocenters. The Morgan fingerprint density at radius 3 is 2.65 bits per heavy atom. The third-order valence-electron chi connectivity index (χ3n) is 4.02. The van der Waals surface area contributed by atoms with Gasteiger partial charge < -0.3 is 10.6 Å². The number of amides is 1. The lowest BCUT2D eigenvalue weighted by atomic mass is 10.2. The van der Waals surface area contributed by atoms with E-state index in [9.17, 15) is 17.6 Å². The van der Waals surface area contributed by atoms with E-state index in [1.807, 2.05) is 0 Å². The monoisotopic (exact) mass is 397 g/mol. The largest absolute Gasteiger partial charge is 0.325 e. The van der Waals surface area contributed by atoms with Crippen molar-refractivity contribution in [2.24, 2.45) is 0 Å². The van der Waals surface area contributed by atoms with Gasteiger partial charge in [-0.2, -0.15) is 4.31 Å². The van der Waals surface area contributed by atoms with E-state index in [0.29, 0.717) is 6.54 Å². The van der Waals surface area contributed by atoms with Crippen LogP contribution >= 0.6 is 11.6 Å². The van der Waals surface area contributed by atoms with Crippen molar-refractivity contribution in [3.05, 3.63) is 59.4 Å². The Morgan fingerprint density at radius 1 is 1.23 bits per heavy atom. The first kappa shape index (κ1) is 18.8. The maximum atomic E-state index is 13.5. The minimum atomic E-state index is -3.68. The van der Waals surface area contributed by atoms with Crippen LogP contribution in [-0.4, -0.2) is 44.3 Å². The molecule has 2 aromatic carbocycles. The molecule has 1 saturated heterocycles. The van der Waals surface area contributed by atoms with Gasteiger partial charge in [0.1, 0.15) is 11.9 Å². The Morgan fingerprint density at radius 2 is 1.96 bits per heavy atom. The summed E-state index contributed by atoms with van der Waals surface area (Å²) in [5.74, 6) is -1.09. The Kier molecular flexibility index (Phi) is 5.57. The van der Waals surface area contributed by atoms with Crippen molar-refractivity contribution in [2.75, 3.05) is 25.0 Å². The van der Waals surface area contributed by atoms with Crippen LogP contribution in [0.2, 0.25) is 5.02 Å². The molecule has 2 aromatic rings. The highest BCUT2D eigenvalue weighted by molar-refractivity contribution is 7.89. The molecule has 6 nitrogen and oxygen atoms in total. The number of nitrogens with zero attached hydrogens (tertiary/aromatic N) is 1. The summed E-state index contributed by atoms with van der Waals surface area (Å²) in [5, 5.41) is 5.51. The normalized spacial score (nSPS) is 18.5. The second kappa shape index (κ2) is 7.71. The first-order chi connectivity index (χ1) is 12.4. The third kappa shape index (κ3) is 4.04. The molecular weight excluding hydrogens is 381 g/mol. The van der Waals surface area contributed by atoms with E-state index in [1.54, 1.807) is 18.2 Å². The fourth-order valence-electron chi connectivity index (χ4n) is 2.66. The van der Waals surface area contributed by atoms with Crippen molar-refractivity contribution in [3.63, 3.8) is 0 Å². The smallest absolute Gasteiger partial charge is 0.243 e. The van der Waals surface area contributed by atoms with Crippen molar-refractivity contribution in [1.82, 2.24) is 9.62 Å². The number of nitrogens with one attached hydrogen (secondary N) is 2. The molecule has 1 amide bonds. The molecule has 0 spiro atoms. The fourth-order valence-corrected chi connectivity index (χ4v) is 4.26. The molecule has 0 radical (unpaired) electrons. The predicted octanol–water partition coefficient (Wildman–Crippen LogP) is 2.08. The third-order valence-corrected chi connectivity index (χ3v) is 6.21. The van der Waals surface area contributed by atoms with Crippen molar-refractivity contribution in [2.45, 2.75) is 10.9 Å². The molecule has 1 aliphatic rings. The number of piperazine rings is 1. The van der Waals surface area contributed by atoms with Gasteiger partial charge in [0.25, 0.3) is 0 Å². The number of benzene rings is 2. The molecule has 1 heterocycles. The summed E-state index contributed by atoms with van der Waals surface area (Å²) in [6, 6.07) is 11.2. The van der Waals surface area contributed by atoms with Crippen LogP contribution in [-0.2, 0) is 14.8 Å². The number of hydrogen-bond donors (Lipinski definition) is 2. The highest BCUT2D eigenvalue weighted by Crippen LogP contribution is 2.20. The molecule has 0 aliphatic carbocycles. The van der Waals surface area contributed by atoms with Gasteiger partial charge in [-0.15, -0.1) is 0 Å². The Hall–Kier alpha value is -2.00. The molecule has 3 rings (SSSR count). The van der Waals surface area contributed by atoms with Crippen molar-refractivity contribution in [1.29, 1.82) is 0 Å². The summed E-state index contributed by atoms with van der Waals surface area (Å²) < 4.78 is 40.2. The van der Waals surface area contributed by atoms with E-state index in [2.05, 4.69) is 10.6 Å². The topological polar surface area (TPSA) is 78.5 Å². The van der Waals surface area contributed by atoms with Gasteiger partial charge in [-0.05, 0) is 30.3 Å². The first-order valence-corrected chi connectivity index (χ1v) is 9.74. The minimum Gasteiger partial charge on any atom is -0.325 e. The van der Waals surface area contributed by atoms with Gasteiger partial charge in [0.15, 0.2) is 0 Å². The van der Waals surface area contributed by atoms with Gasteiger partial charge in [0.05, 0.1) is 9.92 Å². The quantitative estimate of drug-likeness (QED) is 0.828. The van der Waals surface area contributed by atoms with Gasteiger partial charge in [-0.1, -0.05) is 29.8 Å². The Labute approximate surface area is 156 Å². The Balaban J connectivity index is 1.71. The van der Waals surface area contributed by atoms with E-state index in [4.69, 9.17) is 11.6 Å². The second-order valence-electron chi connectivity index (χ2n) is 5.80. The zero-order valence-corrected chi connectivity index (χ0v) is 15.2. The highest BCUT2D eigenvalue weighted by atomic mass is 35.5. The van der Waals surface area contributed by atoms with E-state index in [0.717, 1.165) is 6.07 Å². The van der Waals surface area contributed by atoms with Crippen LogP contribution < -0.4 is 10.6 Å². The molecule has 26 heavy (non-hydrogen) atoms. The molecule has 1 aliphatic heterocycles. The molecule has 1 unspecified atom stereocenters. The number of rotatable bonds is 4. The number of carbonyl (C=O) groups is 1. The zero-order chi connectivity index (χ0) is 18.7. The number of carbonyl (C=O) groups excluding carboxylic acids is 1. The average Bonchev–Trinajstić information content (AvgIpc) is 2.65. The van der Waals surface area contributed by atoms with Gasteiger partial charge in [0.2, 0.25) is 15.9 Å². The van der Waals surface area contributed by atoms with Crippen LogP contribution in [0.3, 0.4) is 0 Å². The standard InChI is InChI=1S/C17H17ClFN3O3S/c18-14-7-6-12(10-15(14)19)21-17(23)16-11-22(9-8-20-16)26(24,25)13-4-2-1-3-5-13/h1-7,10,16,20H,8-9,11H2,(H,21,23). The van der Waals surface area contributed by atoms with Crippen LogP contribution in [0.25, 0.3) is 0 Å². The molecule has 0 aromatic heterocycles. The van der Waals surface area contributed by atoms with Gasteiger partial charge >= 0.3 is 0 Å².